The summed E-state index contributed by atoms with van der Waals surface area (Å²) in [7, 11) is 0. The first kappa shape index (κ1) is 13.5. The normalized spacial score (nSPS) is 12.9. The van der Waals surface area contributed by atoms with Gasteiger partial charge in [0, 0.05) is 13.5 Å². The Balaban J connectivity index is 3.17. The van der Waals surface area contributed by atoms with E-state index in [-0.39, 0.29) is 5.91 Å². The van der Waals surface area contributed by atoms with Crippen LogP contribution in [0.1, 0.15) is 53.4 Å². The van der Waals surface area contributed by atoms with E-state index in [0.29, 0.717) is 0 Å². The molecule has 2 nitrogen and oxygen atoms in total. The van der Waals surface area contributed by atoms with Crippen LogP contribution in [0.5, 0.6) is 0 Å². The topological polar surface area (TPSA) is 29.1 Å². The second kappa shape index (κ2) is 7.84. The molecule has 1 amide bonds. The molecule has 0 spiro atoms. The highest BCUT2D eigenvalue weighted by Crippen LogP contribution is 2.17. The van der Waals surface area contributed by atoms with Crippen molar-refractivity contribution in [3.05, 3.63) is 0 Å². The van der Waals surface area contributed by atoms with Gasteiger partial charge in [-0.1, -0.05) is 40.0 Å². The van der Waals surface area contributed by atoms with Crippen molar-refractivity contribution in [2.45, 2.75) is 53.4 Å². The van der Waals surface area contributed by atoms with Crippen molar-refractivity contribution < 1.29 is 4.79 Å². The summed E-state index contributed by atoms with van der Waals surface area (Å²) in [5.41, 5.74) is 0. The minimum atomic E-state index is 0.0838. The smallest absolute Gasteiger partial charge is 0.216 e. The zero-order valence-electron chi connectivity index (χ0n) is 10.1. The molecule has 0 heterocycles. The molecular weight excluding hydrogens is 174 g/mol. The molecule has 0 aliphatic rings. The molecule has 1 N–H and O–H groups in total. The zero-order chi connectivity index (χ0) is 11.0. The van der Waals surface area contributed by atoms with Crippen molar-refractivity contribution in [2.24, 2.45) is 11.8 Å². The van der Waals surface area contributed by atoms with Crippen LogP contribution in [0.4, 0.5) is 0 Å². The highest BCUT2D eigenvalue weighted by Gasteiger charge is 2.05. The molecule has 2 heteroatoms. The lowest BCUT2D eigenvalue weighted by molar-refractivity contribution is -0.118. The van der Waals surface area contributed by atoms with E-state index in [4.69, 9.17) is 0 Å². The van der Waals surface area contributed by atoms with Gasteiger partial charge >= 0.3 is 0 Å². The zero-order valence-corrected chi connectivity index (χ0v) is 10.1. The van der Waals surface area contributed by atoms with Gasteiger partial charge < -0.3 is 5.32 Å². The third kappa shape index (κ3) is 8.09. The predicted octanol–water partition coefficient (Wildman–Crippen LogP) is 2.98. The van der Waals surface area contributed by atoms with E-state index in [1.165, 1.54) is 19.3 Å². The summed E-state index contributed by atoms with van der Waals surface area (Å²) < 4.78 is 0. The molecule has 0 radical (unpaired) electrons. The van der Waals surface area contributed by atoms with Gasteiger partial charge in [0.15, 0.2) is 0 Å². The molecule has 0 aromatic carbocycles. The molecule has 14 heavy (non-hydrogen) atoms. The molecule has 0 unspecified atom stereocenters. The van der Waals surface area contributed by atoms with Crippen LogP contribution in [0, 0.1) is 11.8 Å². The maximum absolute atomic E-state index is 10.6. The Morgan fingerprint density at radius 1 is 1.14 bits per heavy atom. The van der Waals surface area contributed by atoms with Crippen molar-refractivity contribution in [1.29, 1.82) is 0 Å². The summed E-state index contributed by atoms with van der Waals surface area (Å²) in [6.45, 7) is 9.29. The summed E-state index contributed by atoms with van der Waals surface area (Å²) in [5, 5.41) is 2.82. The highest BCUT2D eigenvalue weighted by molar-refractivity contribution is 5.72. The molecule has 0 bridgehead atoms. The van der Waals surface area contributed by atoms with Gasteiger partial charge in [-0.3, -0.25) is 4.79 Å². The number of carbonyl (C=O) groups excluding carboxylic acids is 1. The Labute approximate surface area is 88.5 Å². The molecular formula is C12H25NO. The number of amides is 1. The number of hydrogen-bond acceptors (Lipinski definition) is 1. The molecule has 0 rings (SSSR count). The minimum Gasteiger partial charge on any atom is -0.356 e. The third-order valence-corrected chi connectivity index (χ3v) is 2.85. The van der Waals surface area contributed by atoms with Gasteiger partial charge in [-0.05, 0) is 18.3 Å². The molecule has 0 fully saturated rings. The molecule has 0 aliphatic carbocycles. The number of hydrogen-bond donors (Lipinski definition) is 1. The van der Waals surface area contributed by atoms with Gasteiger partial charge in [0.2, 0.25) is 5.91 Å². The van der Waals surface area contributed by atoms with Crippen LogP contribution in [0.25, 0.3) is 0 Å². The Kier molecular flexibility index (Phi) is 7.54. The monoisotopic (exact) mass is 199 g/mol. The first-order valence-corrected chi connectivity index (χ1v) is 5.78. The Hall–Kier alpha value is -0.530. The van der Waals surface area contributed by atoms with Crippen molar-refractivity contribution >= 4 is 5.91 Å². The summed E-state index contributed by atoms with van der Waals surface area (Å²) in [5.74, 6) is 1.71. The second-order valence-electron chi connectivity index (χ2n) is 4.55. The van der Waals surface area contributed by atoms with E-state index < -0.39 is 0 Å². The van der Waals surface area contributed by atoms with E-state index >= 15 is 0 Å². The number of nitrogens with one attached hydrogen (secondary N) is 1. The van der Waals surface area contributed by atoms with Crippen molar-refractivity contribution in [3.8, 4) is 0 Å². The molecule has 0 aromatic heterocycles. The quantitative estimate of drug-likeness (QED) is 0.627. The molecule has 1 atom stereocenters. The SMILES string of the molecule is CC(=O)NCCCCC[C@@H](C)C(C)C. The van der Waals surface area contributed by atoms with Crippen molar-refractivity contribution in [3.63, 3.8) is 0 Å². The average Bonchev–Trinajstić information content (AvgIpc) is 2.09. The Bertz CT molecular complexity index is 154. The summed E-state index contributed by atoms with van der Waals surface area (Å²) in [6.07, 6.45) is 4.96. The first-order chi connectivity index (χ1) is 6.54. The molecule has 0 aromatic rings. The molecule has 84 valence electrons. The third-order valence-electron chi connectivity index (χ3n) is 2.85. The second-order valence-corrected chi connectivity index (χ2v) is 4.55. The van der Waals surface area contributed by atoms with Gasteiger partial charge in [0.25, 0.3) is 0 Å². The lowest BCUT2D eigenvalue weighted by Crippen LogP contribution is -2.20. The lowest BCUT2D eigenvalue weighted by atomic mass is 9.92. The van der Waals surface area contributed by atoms with Gasteiger partial charge in [0.05, 0.1) is 0 Å². The molecule has 0 aliphatic heterocycles. The maximum atomic E-state index is 10.6. The molecule has 0 saturated heterocycles. The van der Waals surface area contributed by atoms with Crippen LogP contribution in [0.3, 0.4) is 0 Å². The number of unbranched alkanes of at least 4 members (excludes halogenated alkanes) is 2. The average molecular weight is 199 g/mol. The summed E-state index contributed by atoms with van der Waals surface area (Å²) >= 11 is 0. The maximum Gasteiger partial charge on any atom is 0.216 e. The fraction of sp³-hybridized carbons (Fsp3) is 0.917. The van der Waals surface area contributed by atoms with Gasteiger partial charge in [-0.15, -0.1) is 0 Å². The van der Waals surface area contributed by atoms with Crippen LogP contribution in [0.15, 0.2) is 0 Å². The van der Waals surface area contributed by atoms with E-state index in [1.807, 2.05) is 0 Å². The molecule has 0 saturated carbocycles. The van der Waals surface area contributed by atoms with Crippen molar-refractivity contribution in [1.82, 2.24) is 5.32 Å². The van der Waals surface area contributed by atoms with E-state index in [0.717, 1.165) is 24.8 Å². The van der Waals surface area contributed by atoms with Crippen LogP contribution in [-0.2, 0) is 4.79 Å². The fourth-order valence-corrected chi connectivity index (χ4v) is 1.37. The summed E-state index contributed by atoms with van der Waals surface area (Å²) in [4.78, 5) is 10.6. The van der Waals surface area contributed by atoms with E-state index in [2.05, 4.69) is 26.1 Å². The van der Waals surface area contributed by atoms with Crippen molar-refractivity contribution in [2.75, 3.05) is 6.54 Å². The van der Waals surface area contributed by atoms with Crippen LogP contribution < -0.4 is 5.32 Å². The Morgan fingerprint density at radius 2 is 1.79 bits per heavy atom. The summed E-state index contributed by atoms with van der Waals surface area (Å²) in [6, 6.07) is 0. The largest absolute Gasteiger partial charge is 0.356 e. The highest BCUT2D eigenvalue weighted by atomic mass is 16.1. The number of rotatable bonds is 7. The lowest BCUT2D eigenvalue weighted by Gasteiger charge is -2.14. The van der Waals surface area contributed by atoms with E-state index in [1.54, 1.807) is 6.92 Å². The predicted molar refractivity (Wildman–Crippen MR) is 61.2 cm³/mol. The first-order valence-electron chi connectivity index (χ1n) is 5.78. The van der Waals surface area contributed by atoms with Gasteiger partial charge in [-0.2, -0.15) is 0 Å². The number of carbonyl (C=O) groups is 1. The van der Waals surface area contributed by atoms with E-state index in [9.17, 15) is 4.79 Å². The van der Waals surface area contributed by atoms with Gasteiger partial charge in [0.1, 0.15) is 0 Å². The van der Waals surface area contributed by atoms with Crippen LogP contribution in [0.2, 0.25) is 0 Å². The fourth-order valence-electron chi connectivity index (χ4n) is 1.37. The standard InChI is InChI=1S/C12H25NO/c1-10(2)11(3)8-6-5-7-9-13-12(4)14/h10-11H,5-9H2,1-4H3,(H,13,14)/t11-/m1/s1. The van der Waals surface area contributed by atoms with Gasteiger partial charge in [-0.25, -0.2) is 0 Å². The van der Waals surface area contributed by atoms with Crippen LogP contribution in [-0.4, -0.2) is 12.5 Å². The minimum absolute atomic E-state index is 0.0838. The Morgan fingerprint density at radius 3 is 2.29 bits per heavy atom. The van der Waals surface area contributed by atoms with Crippen LogP contribution >= 0.6 is 0 Å².